The number of aromatic nitrogens is 2. The number of benzene rings is 3. The second kappa shape index (κ2) is 19.2. The Hall–Kier alpha value is -6.09. The van der Waals surface area contributed by atoms with Crippen LogP contribution in [0.15, 0.2) is 84.0 Å². The lowest BCUT2D eigenvalue weighted by Gasteiger charge is -2.26. The Morgan fingerprint density at radius 2 is 1.75 bits per heavy atom. The Bertz CT molecular complexity index is 2210. The maximum Gasteiger partial charge on any atom is 0.243 e. The number of amidine groups is 1. The molecule has 5 aromatic rings. The van der Waals surface area contributed by atoms with E-state index in [-0.39, 0.29) is 36.5 Å². The lowest BCUT2D eigenvalue weighted by Crippen LogP contribution is -2.58. The van der Waals surface area contributed by atoms with Crippen molar-refractivity contribution in [3.05, 3.63) is 95.1 Å². The van der Waals surface area contributed by atoms with Gasteiger partial charge in [-0.15, -0.1) is 11.3 Å². The van der Waals surface area contributed by atoms with Crippen molar-refractivity contribution < 1.29 is 28.7 Å². The van der Waals surface area contributed by atoms with Gasteiger partial charge in [0.1, 0.15) is 23.9 Å². The summed E-state index contributed by atoms with van der Waals surface area (Å²) in [7, 11) is 0. The van der Waals surface area contributed by atoms with Crippen molar-refractivity contribution in [3.8, 4) is 5.75 Å². The first kappa shape index (κ1) is 40.6. The molecule has 7 N–H and O–H groups in total. The van der Waals surface area contributed by atoms with Gasteiger partial charge < -0.3 is 36.7 Å². The van der Waals surface area contributed by atoms with Crippen molar-refractivity contribution in [2.24, 2.45) is 10.7 Å². The van der Waals surface area contributed by atoms with Crippen molar-refractivity contribution in [1.82, 2.24) is 31.2 Å². The molecule has 298 valence electrons. The monoisotopic (exact) mass is 792 g/mol. The smallest absolute Gasteiger partial charge is 0.243 e. The number of carbonyl (C=O) groups is 5. The molecule has 2 aliphatic heterocycles. The highest BCUT2D eigenvalue weighted by atomic mass is 32.1. The summed E-state index contributed by atoms with van der Waals surface area (Å²) in [4.78, 5) is 81.0. The minimum atomic E-state index is -1.14. The van der Waals surface area contributed by atoms with Gasteiger partial charge in [-0.2, -0.15) is 0 Å². The topological polar surface area (TPSA) is 210 Å². The van der Waals surface area contributed by atoms with Crippen molar-refractivity contribution in [2.75, 3.05) is 13.2 Å². The van der Waals surface area contributed by atoms with Crippen LogP contribution >= 0.6 is 11.3 Å². The predicted molar refractivity (Wildman–Crippen MR) is 220 cm³/mol. The molecule has 0 radical (unpaired) electrons. The molecule has 0 saturated carbocycles. The number of fused-ring (bicyclic) bond motifs is 16. The highest BCUT2D eigenvalue weighted by Gasteiger charge is 2.33. The van der Waals surface area contributed by atoms with Crippen LogP contribution < -0.4 is 31.7 Å². The molecule has 15 heteroatoms. The van der Waals surface area contributed by atoms with Gasteiger partial charge in [-0.3, -0.25) is 29.0 Å². The van der Waals surface area contributed by atoms with E-state index in [4.69, 9.17) is 10.5 Å². The fraction of sp³-hybridized carbons (Fsp3) is 0.357. The zero-order valence-corrected chi connectivity index (χ0v) is 32.8. The summed E-state index contributed by atoms with van der Waals surface area (Å²) < 4.78 is 6.80. The number of Topliss-reactive ketones (excluding diaryl/α,β-unsaturated/α-hetero) is 1. The number of aromatic amines is 1. The van der Waals surface area contributed by atoms with Crippen molar-refractivity contribution in [2.45, 2.75) is 83.0 Å². The van der Waals surface area contributed by atoms with Crippen molar-refractivity contribution in [1.29, 1.82) is 0 Å². The number of para-hydroxylation sites is 2. The largest absolute Gasteiger partial charge is 0.494 e. The fourth-order valence-corrected chi connectivity index (χ4v) is 7.77. The molecule has 2 aromatic heterocycles. The minimum absolute atomic E-state index is 0.0883. The van der Waals surface area contributed by atoms with Crippen LogP contribution in [0.3, 0.4) is 0 Å². The molecule has 4 atom stereocenters. The molecule has 0 saturated heterocycles. The third-order valence-electron chi connectivity index (χ3n) is 9.73. The molecule has 0 unspecified atom stereocenters. The zero-order chi connectivity index (χ0) is 40.3. The molecule has 14 nitrogen and oxygen atoms in total. The number of hydrogen-bond acceptors (Lipinski definition) is 9. The minimum Gasteiger partial charge on any atom is -0.494 e. The number of aliphatic imine (C=N–C) groups is 1. The van der Waals surface area contributed by atoms with Crippen LogP contribution in [0.5, 0.6) is 5.75 Å². The summed E-state index contributed by atoms with van der Waals surface area (Å²) in [5, 5.41) is 12.6. The number of ketones is 1. The van der Waals surface area contributed by atoms with E-state index in [1.165, 1.54) is 18.3 Å². The lowest BCUT2D eigenvalue weighted by molar-refractivity contribution is -0.133. The third kappa shape index (κ3) is 11.0. The average Bonchev–Trinajstić information content (AvgIpc) is 3.82. The molecular weight excluding hydrogens is 745 g/mol. The second-order valence-electron chi connectivity index (χ2n) is 14.2. The lowest BCUT2D eigenvalue weighted by atomic mass is 10.0. The number of nitrogens with one attached hydrogen (secondary N) is 5. The van der Waals surface area contributed by atoms with Crippen LogP contribution in [0.4, 0.5) is 0 Å². The van der Waals surface area contributed by atoms with Crippen LogP contribution in [0.2, 0.25) is 0 Å². The summed E-state index contributed by atoms with van der Waals surface area (Å²) in [5.41, 5.74) is 8.85. The Balaban J connectivity index is 1.29. The molecule has 2 aliphatic rings. The molecule has 0 spiro atoms. The number of thiazole rings is 1. The fourth-order valence-electron chi connectivity index (χ4n) is 6.81. The van der Waals surface area contributed by atoms with E-state index < -0.39 is 47.8 Å². The van der Waals surface area contributed by atoms with Gasteiger partial charge >= 0.3 is 0 Å². The Labute approximate surface area is 334 Å². The van der Waals surface area contributed by atoms with Gasteiger partial charge in [0.05, 0.1) is 28.7 Å². The van der Waals surface area contributed by atoms with Crippen LogP contribution in [0.1, 0.15) is 66.9 Å². The molecule has 57 heavy (non-hydrogen) atoms. The van der Waals surface area contributed by atoms with Crippen LogP contribution in [0, 0.1) is 0 Å². The molecule has 2 bridgehead atoms. The first-order chi connectivity index (χ1) is 27.5. The second-order valence-corrected chi connectivity index (χ2v) is 15.2. The van der Waals surface area contributed by atoms with E-state index in [1.54, 1.807) is 25.3 Å². The summed E-state index contributed by atoms with van der Waals surface area (Å²) in [6.45, 7) is 3.73. The number of amides is 4. The molecule has 4 heterocycles. The van der Waals surface area contributed by atoms with E-state index in [2.05, 4.69) is 36.2 Å². The highest BCUT2D eigenvalue weighted by Crippen LogP contribution is 2.24. The average molecular weight is 793 g/mol. The van der Waals surface area contributed by atoms with Gasteiger partial charge in [0, 0.05) is 43.4 Å². The van der Waals surface area contributed by atoms with E-state index >= 15 is 0 Å². The van der Waals surface area contributed by atoms with Gasteiger partial charge in [0.2, 0.25) is 29.4 Å². The summed E-state index contributed by atoms with van der Waals surface area (Å²) in [6.07, 6.45) is 4.06. The van der Waals surface area contributed by atoms with Crippen LogP contribution in [-0.4, -0.2) is 82.5 Å². The number of nitrogens with two attached hydrogens (primary N) is 1. The van der Waals surface area contributed by atoms with Crippen molar-refractivity contribution in [3.63, 3.8) is 0 Å². The summed E-state index contributed by atoms with van der Waals surface area (Å²) in [5.74, 6) is -1.42. The number of carbonyl (C=O) groups excluding carboxylic acids is 5. The molecule has 7 rings (SSSR count). The first-order valence-corrected chi connectivity index (χ1v) is 20.0. The molecule has 0 aliphatic carbocycles. The predicted octanol–water partition coefficient (Wildman–Crippen LogP) is 4.12. The van der Waals surface area contributed by atoms with Crippen LogP contribution in [0.25, 0.3) is 21.1 Å². The van der Waals surface area contributed by atoms with Gasteiger partial charge in [-0.25, -0.2) is 4.98 Å². The van der Waals surface area contributed by atoms with Gasteiger partial charge in [0.15, 0.2) is 5.01 Å². The van der Waals surface area contributed by atoms with E-state index in [0.29, 0.717) is 49.5 Å². The number of ether oxygens (including phenoxy) is 1. The van der Waals surface area contributed by atoms with Crippen LogP contribution in [-0.2, 0) is 32.0 Å². The number of rotatable bonds is 11. The van der Waals surface area contributed by atoms with E-state index in [0.717, 1.165) is 26.7 Å². The SMILES string of the molecule is CC(=O)N[C@H]1Cc2ccc(cc2)OCCCC[C@@H](C(=O)N[C@@H](CCCN=C(C)N)C(=O)c2nc3ccccc3s2)NC(=O)[C@H](Cc2c[nH]c3ccccc23)NC1=O. The maximum atomic E-state index is 14.4. The Morgan fingerprint density at radius 3 is 2.53 bits per heavy atom. The standard InChI is InChI=1S/C42H48N8O6S/c1-25(43)44-20-9-14-33(38(52)42-50-32-12-5-6-15-37(32)57-42)47-39(53)34-13-7-8-21-56-29-18-16-27(17-19-29)22-35(46-26(2)51)40(54)49-36(41(55)48-34)23-28-24-45-31-11-4-3-10-30(28)31/h3-6,10-12,15-19,24,33-36,45H,7-9,13-14,20-23H2,1-2H3,(H2,43,44)(H,46,51)(H,47,53)(H,48,55)(H,49,54)/t33-,34-,35-,36-/m0/s1. The Morgan fingerprint density at radius 1 is 0.982 bits per heavy atom. The molecular formula is C42H48N8O6S. The zero-order valence-electron chi connectivity index (χ0n) is 32.0. The summed E-state index contributed by atoms with van der Waals surface area (Å²) in [6, 6.07) is 18.2. The van der Waals surface area contributed by atoms with E-state index in [1.807, 2.05) is 60.7 Å². The molecule has 4 amide bonds. The van der Waals surface area contributed by atoms with Gasteiger partial charge in [-0.1, -0.05) is 42.5 Å². The number of H-pyrrole nitrogens is 1. The van der Waals surface area contributed by atoms with E-state index in [9.17, 15) is 24.0 Å². The normalized spacial score (nSPS) is 18.9. The number of hydrogen-bond donors (Lipinski definition) is 6. The molecule has 0 fully saturated rings. The molecule has 3 aromatic carbocycles. The maximum absolute atomic E-state index is 14.4. The third-order valence-corrected chi connectivity index (χ3v) is 10.8. The first-order valence-electron chi connectivity index (χ1n) is 19.2. The van der Waals surface area contributed by atoms with Gasteiger partial charge in [-0.05, 0) is 80.5 Å². The Kier molecular flexibility index (Phi) is 13.6. The van der Waals surface area contributed by atoms with Crippen molar-refractivity contribution >= 4 is 67.7 Å². The highest BCUT2D eigenvalue weighted by molar-refractivity contribution is 7.20. The quantitative estimate of drug-likeness (QED) is 0.0495. The summed E-state index contributed by atoms with van der Waals surface area (Å²) >= 11 is 1.25. The number of nitrogens with zero attached hydrogens (tertiary/aromatic N) is 2. The van der Waals surface area contributed by atoms with Gasteiger partial charge in [0.25, 0.3) is 0 Å².